The Morgan fingerprint density at radius 2 is 1.17 bits per heavy atom. The van der Waals surface area contributed by atoms with Gasteiger partial charge in [-0.2, -0.15) is 5.26 Å². The van der Waals surface area contributed by atoms with E-state index in [4.69, 9.17) is 11.0 Å². The molecule has 35 heavy (non-hydrogen) atoms. The summed E-state index contributed by atoms with van der Waals surface area (Å²) in [7, 11) is 0. The summed E-state index contributed by atoms with van der Waals surface area (Å²) < 4.78 is 0. The van der Waals surface area contributed by atoms with Gasteiger partial charge in [-0.15, -0.1) is 0 Å². The third-order valence-electron chi connectivity index (χ3n) is 6.13. The van der Waals surface area contributed by atoms with Crippen molar-refractivity contribution < 1.29 is 9.59 Å². The van der Waals surface area contributed by atoms with Gasteiger partial charge in [0.05, 0.1) is 11.6 Å². The lowest BCUT2D eigenvalue weighted by Crippen LogP contribution is -2.54. The summed E-state index contributed by atoms with van der Waals surface area (Å²) in [6, 6.07) is 36.6. The van der Waals surface area contributed by atoms with Crippen LogP contribution in [0, 0.1) is 11.3 Å². The molecule has 5 heteroatoms. The maximum Gasteiger partial charge on any atom is 0.240 e. The van der Waals surface area contributed by atoms with Crippen molar-refractivity contribution in [2.24, 2.45) is 5.73 Å². The Labute approximate surface area is 204 Å². The van der Waals surface area contributed by atoms with Gasteiger partial charge in [0, 0.05) is 6.42 Å². The summed E-state index contributed by atoms with van der Waals surface area (Å²) in [5.41, 5.74) is 8.17. The van der Waals surface area contributed by atoms with Crippen LogP contribution in [0.15, 0.2) is 115 Å². The van der Waals surface area contributed by atoms with E-state index in [9.17, 15) is 9.59 Å². The van der Waals surface area contributed by atoms with Crippen LogP contribution in [0.25, 0.3) is 0 Å². The van der Waals surface area contributed by atoms with E-state index in [1.165, 1.54) is 0 Å². The third kappa shape index (κ3) is 4.83. The molecule has 0 heterocycles. The highest BCUT2D eigenvalue weighted by Crippen LogP contribution is 2.39. The van der Waals surface area contributed by atoms with E-state index in [1.807, 2.05) is 91.0 Å². The molecule has 3 N–H and O–H groups in total. The first kappa shape index (κ1) is 23.5. The van der Waals surface area contributed by atoms with Crippen LogP contribution in [0.3, 0.4) is 0 Å². The molecular formula is C30H25N3O2. The number of benzene rings is 4. The van der Waals surface area contributed by atoms with Gasteiger partial charge >= 0.3 is 0 Å². The van der Waals surface area contributed by atoms with Gasteiger partial charge in [-0.05, 0) is 34.4 Å². The molecule has 5 nitrogen and oxygen atoms in total. The van der Waals surface area contributed by atoms with E-state index in [1.54, 1.807) is 24.3 Å². The van der Waals surface area contributed by atoms with Crippen molar-refractivity contribution in [3.63, 3.8) is 0 Å². The maximum atomic E-state index is 14.3. The Balaban J connectivity index is 1.81. The fourth-order valence-electron chi connectivity index (χ4n) is 4.40. The molecule has 0 saturated carbocycles. The van der Waals surface area contributed by atoms with Gasteiger partial charge in [0.2, 0.25) is 11.8 Å². The molecule has 0 aromatic heterocycles. The molecule has 0 unspecified atom stereocenters. The van der Waals surface area contributed by atoms with E-state index in [-0.39, 0.29) is 12.3 Å². The zero-order valence-corrected chi connectivity index (χ0v) is 19.1. The predicted octanol–water partition coefficient (Wildman–Crippen LogP) is 4.11. The topological polar surface area (TPSA) is 96.0 Å². The van der Waals surface area contributed by atoms with Gasteiger partial charge in [-0.25, -0.2) is 0 Å². The van der Waals surface area contributed by atoms with Gasteiger partial charge in [0.15, 0.2) is 0 Å². The highest BCUT2D eigenvalue weighted by molar-refractivity contribution is 5.98. The first-order valence-electron chi connectivity index (χ1n) is 11.3. The first-order valence-corrected chi connectivity index (χ1v) is 11.3. The highest BCUT2D eigenvalue weighted by Gasteiger charge is 2.44. The second-order valence-corrected chi connectivity index (χ2v) is 8.29. The molecule has 0 aliphatic rings. The third-order valence-corrected chi connectivity index (χ3v) is 6.13. The summed E-state index contributed by atoms with van der Waals surface area (Å²) >= 11 is 0. The minimum atomic E-state index is -1.21. The molecule has 0 aliphatic heterocycles. The zero-order valence-electron chi connectivity index (χ0n) is 19.1. The molecule has 0 fully saturated rings. The number of hydrogen-bond donors (Lipinski definition) is 2. The first-order chi connectivity index (χ1) is 17.1. The Morgan fingerprint density at radius 1 is 0.743 bits per heavy atom. The molecule has 4 aromatic rings. The Kier molecular flexibility index (Phi) is 7.04. The summed E-state index contributed by atoms with van der Waals surface area (Å²) in [6.45, 7) is 0. The van der Waals surface area contributed by atoms with Gasteiger partial charge in [-0.1, -0.05) is 103 Å². The van der Waals surface area contributed by atoms with Crippen LogP contribution in [0.4, 0.5) is 0 Å². The van der Waals surface area contributed by atoms with Crippen molar-refractivity contribution in [3.05, 3.63) is 143 Å². The van der Waals surface area contributed by atoms with Crippen molar-refractivity contribution in [1.29, 1.82) is 5.26 Å². The molecule has 172 valence electrons. The lowest BCUT2D eigenvalue weighted by Gasteiger charge is -2.35. The van der Waals surface area contributed by atoms with Gasteiger partial charge in [0.25, 0.3) is 0 Å². The summed E-state index contributed by atoms with van der Waals surface area (Å²) in [6.07, 6.45) is 0.210. The lowest BCUT2D eigenvalue weighted by molar-refractivity contribution is -0.129. The maximum absolute atomic E-state index is 14.3. The van der Waals surface area contributed by atoms with E-state index in [0.29, 0.717) is 5.56 Å². The van der Waals surface area contributed by atoms with E-state index in [0.717, 1.165) is 22.3 Å². The van der Waals surface area contributed by atoms with Gasteiger partial charge in [-0.3, -0.25) is 9.59 Å². The van der Waals surface area contributed by atoms with E-state index < -0.39 is 17.4 Å². The van der Waals surface area contributed by atoms with E-state index in [2.05, 4.69) is 11.4 Å². The molecular weight excluding hydrogens is 434 g/mol. The fraction of sp³-hybridized carbons (Fsp3) is 0.100. The van der Waals surface area contributed by atoms with Crippen LogP contribution in [0.1, 0.15) is 27.8 Å². The molecule has 0 aliphatic carbocycles. The number of carbonyl (C=O) groups excluding carboxylic acids is 2. The predicted molar refractivity (Wildman–Crippen MR) is 135 cm³/mol. The SMILES string of the molecule is N#Cc1ccc(C[C@H](NC(=O)C(c2ccccc2)(c2ccccc2)c2ccccc2)C(N)=O)cc1. The fourth-order valence-corrected chi connectivity index (χ4v) is 4.40. The minimum absolute atomic E-state index is 0.210. The molecule has 0 spiro atoms. The van der Waals surface area contributed by atoms with Gasteiger partial charge < -0.3 is 11.1 Å². The number of hydrogen-bond acceptors (Lipinski definition) is 3. The van der Waals surface area contributed by atoms with Crippen LogP contribution < -0.4 is 11.1 Å². The van der Waals surface area contributed by atoms with Crippen LogP contribution in [0.5, 0.6) is 0 Å². The van der Waals surface area contributed by atoms with Crippen molar-refractivity contribution in [2.45, 2.75) is 17.9 Å². The monoisotopic (exact) mass is 459 g/mol. The quantitative estimate of drug-likeness (QED) is 0.388. The number of primary amides is 1. The normalized spacial score (nSPS) is 11.7. The largest absolute Gasteiger partial charge is 0.368 e. The number of nitrogens with two attached hydrogens (primary N) is 1. The van der Waals surface area contributed by atoms with Gasteiger partial charge in [0.1, 0.15) is 11.5 Å². The second-order valence-electron chi connectivity index (χ2n) is 8.29. The smallest absolute Gasteiger partial charge is 0.240 e. The number of rotatable bonds is 8. The van der Waals surface area contributed by atoms with Crippen molar-refractivity contribution in [3.8, 4) is 6.07 Å². The molecule has 0 radical (unpaired) electrons. The Morgan fingerprint density at radius 3 is 1.54 bits per heavy atom. The molecule has 2 amide bonds. The number of nitriles is 1. The molecule has 4 aromatic carbocycles. The summed E-state index contributed by atoms with van der Waals surface area (Å²) in [5.74, 6) is -0.982. The average molecular weight is 460 g/mol. The highest BCUT2D eigenvalue weighted by atomic mass is 16.2. The number of nitrogens with one attached hydrogen (secondary N) is 1. The average Bonchev–Trinajstić information content (AvgIpc) is 2.91. The molecule has 1 atom stereocenters. The van der Waals surface area contributed by atoms with Crippen LogP contribution in [-0.2, 0) is 21.4 Å². The van der Waals surface area contributed by atoms with Crippen molar-refractivity contribution >= 4 is 11.8 Å². The van der Waals surface area contributed by atoms with Crippen LogP contribution in [0.2, 0.25) is 0 Å². The number of amides is 2. The Bertz CT molecular complexity index is 1230. The molecule has 0 bridgehead atoms. The van der Waals surface area contributed by atoms with E-state index >= 15 is 0 Å². The molecule has 4 rings (SSSR count). The minimum Gasteiger partial charge on any atom is -0.368 e. The standard InChI is InChI=1S/C30H25N3O2/c31-21-23-18-16-22(17-19-23)20-27(28(32)34)33-29(35)30(24-10-4-1-5-11-24,25-12-6-2-7-13-25)26-14-8-3-9-15-26/h1-19,27H,20H2,(H2,32,34)(H,33,35)/t27-/m0/s1. The van der Waals surface area contributed by atoms with Crippen LogP contribution in [-0.4, -0.2) is 17.9 Å². The lowest BCUT2D eigenvalue weighted by atomic mass is 9.68. The zero-order chi connectivity index (χ0) is 24.7. The number of nitrogens with zero attached hydrogens (tertiary/aromatic N) is 1. The van der Waals surface area contributed by atoms with Crippen molar-refractivity contribution in [1.82, 2.24) is 5.32 Å². The Hall–Kier alpha value is -4.69. The summed E-state index contributed by atoms with van der Waals surface area (Å²) in [5, 5.41) is 12.0. The van der Waals surface area contributed by atoms with Crippen molar-refractivity contribution in [2.75, 3.05) is 0 Å². The summed E-state index contributed by atoms with van der Waals surface area (Å²) in [4.78, 5) is 26.8. The van der Waals surface area contributed by atoms with Crippen LogP contribution >= 0.6 is 0 Å². The second kappa shape index (κ2) is 10.5. The number of carbonyl (C=O) groups is 2. The molecule has 0 saturated heterocycles.